The molecule has 0 aliphatic carbocycles. The highest BCUT2D eigenvalue weighted by molar-refractivity contribution is 5.81. The van der Waals surface area contributed by atoms with Crippen LogP contribution < -0.4 is 5.32 Å². The maximum Gasteiger partial charge on any atom is 0.245 e. The number of hydrogen-bond acceptors (Lipinski definition) is 5. The number of nitrogens with zero attached hydrogens (tertiary/aromatic N) is 3. The molecule has 1 aliphatic heterocycles. The lowest BCUT2D eigenvalue weighted by molar-refractivity contribution is -0.135. The highest BCUT2D eigenvalue weighted by atomic mass is 16.5. The lowest BCUT2D eigenvalue weighted by Crippen LogP contribution is -2.42. The van der Waals surface area contributed by atoms with E-state index in [-0.39, 0.29) is 25.0 Å². The predicted molar refractivity (Wildman–Crippen MR) is 100 cm³/mol. The average molecular weight is 374 g/mol. The monoisotopic (exact) mass is 374 g/mol. The van der Waals surface area contributed by atoms with E-state index in [4.69, 9.17) is 14.5 Å². The van der Waals surface area contributed by atoms with Crippen molar-refractivity contribution in [3.8, 4) is 0 Å². The first-order valence-electron chi connectivity index (χ1n) is 9.24. The molecular weight excluding hydrogens is 348 g/mol. The molecule has 27 heavy (non-hydrogen) atoms. The van der Waals surface area contributed by atoms with Crippen LogP contribution in [0.25, 0.3) is 11.0 Å². The van der Waals surface area contributed by atoms with E-state index in [9.17, 15) is 9.59 Å². The molecule has 0 saturated carbocycles. The Labute approximate surface area is 158 Å². The van der Waals surface area contributed by atoms with E-state index in [1.54, 1.807) is 0 Å². The van der Waals surface area contributed by atoms with Gasteiger partial charge in [0.25, 0.3) is 0 Å². The number of rotatable bonds is 8. The van der Waals surface area contributed by atoms with Gasteiger partial charge < -0.3 is 24.3 Å². The van der Waals surface area contributed by atoms with Crippen LogP contribution in [-0.2, 0) is 32.0 Å². The number of imidazole rings is 1. The Morgan fingerprint density at radius 2 is 2.04 bits per heavy atom. The number of aromatic nitrogens is 2. The Morgan fingerprint density at radius 3 is 2.81 bits per heavy atom. The minimum absolute atomic E-state index is 0.0621. The van der Waals surface area contributed by atoms with E-state index in [1.165, 1.54) is 7.11 Å². The number of morpholine rings is 1. The first-order chi connectivity index (χ1) is 13.2. The lowest BCUT2D eigenvalue weighted by Gasteiger charge is -2.27. The smallest absolute Gasteiger partial charge is 0.245 e. The molecule has 1 aromatic heterocycles. The molecule has 2 heterocycles. The maximum absolute atomic E-state index is 12.7. The van der Waals surface area contributed by atoms with Crippen LogP contribution in [-0.4, -0.2) is 72.8 Å². The first-order valence-corrected chi connectivity index (χ1v) is 9.24. The molecule has 1 aliphatic rings. The molecule has 1 saturated heterocycles. The van der Waals surface area contributed by atoms with Crippen molar-refractivity contribution in [3.63, 3.8) is 0 Å². The van der Waals surface area contributed by atoms with Gasteiger partial charge in [0.05, 0.1) is 24.2 Å². The number of ether oxygens (including phenoxy) is 2. The average Bonchev–Trinajstić information content (AvgIpc) is 3.03. The van der Waals surface area contributed by atoms with Gasteiger partial charge in [-0.2, -0.15) is 0 Å². The zero-order valence-electron chi connectivity index (χ0n) is 15.6. The van der Waals surface area contributed by atoms with Crippen molar-refractivity contribution in [3.05, 3.63) is 30.1 Å². The minimum Gasteiger partial charge on any atom is -0.378 e. The molecule has 0 unspecified atom stereocenters. The summed E-state index contributed by atoms with van der Waals surface area (Å²) in [6, 6.07) is 7.83. The molecule has 3 rings (SSSR count). The number of nitrogens with one attached hydrogen (secondary N) is 1. The molecule has 1 N–H and O–H groups in total. The highest BCUT2D eigenvalue weighted by Gasteiger charge is 2.20. The zero-order chi connectivity index (χ0) is 19.1. The third-order valence-corrected chi connectivity index (χ3v) is 4.57. The minimum atomic E-state index is -0.131. The summed E-state index contributed by atoms with van der Waals surface area (Å²) >= 11 is 0. The quantitative estimate of drug-likeness (QED) is 0.684. The number of amides is 2. The van der Waals surface area contributed by atoms with Crippen molar-refractivity contribution >= 4 is 22.8 Å². The Kier molecular flexibility index (Phi) is 6.78. The predicted octanol–water partition coefficient (Wildman–Crippen LogP) is 0.590. The van der Waals surface area contributed by atoms with Crippen LogP contribution >= 0.6 is 0 Å². The van der Waals surface area contributed by atoms with Crippen molar-refractivity contribution in [1.82, 2.24) is 19.8 Å². The second kappa shape index (κ2) is 9.48. The molecule has 8 nitrogen and oxygen atoms in total. The Morgan fingerprint density at radius 1 is 1.26 bits per heavy atom. The topological polar surface area (TPSA) is 85.7 Å². The van der Waals surface area contributed by atoms with Gasteiger partial charge in [0.2, 0.25) is 11.8 Å². The molecule has 0 atom stereocenters. The van der Waals surface area contributed by atoms with Crippen molar-refractivity contribution in [1.29, 1.82) is 0 Å². The van der Waals surface area contributed by atoms with E-state index in [0.29, 0.717) is 39.3 Å². The van der Waals surface area contributed by atoms with Gasteiger partial charge >= 0.3 is 0 Å². The summed E-state index contributed by atoms with van der Waals surface area (Å²) < 4.78 is 12.1. The summed E-state index contributed by atoms with van der Waals surface area (Å²) in [4.78, 5) is 30.7. The summed E-state index contributed by atoms with van der Waals surface area (Å²) in [5.41, 5.74) is 1.84. The lowest BCUT2D eigenvalue weighted by atomic mass is 10.3. The largest absolute Gasteiger partial charge is 0.378 e. The Bertz CT molecular complexity index is 783. The van der Waals surface area contributed by atoms with E-state index in [2.05, 4.69) is 5.32 Å². The van der Waals surface area contributed by atoms with Crippen molar-refractivity contribution in [2.45, 2.75) is 19.4 Å². The van der Waals surface area contributed by atoms with E-state index in [1.807, 2.05) is 33.7 Å². The van der Waals surface area contributed by atoms with Crippen LogP contribution in [0.15, 0.2) is 24.3 Å². The fourth-order valence-corrected chi connectivity index (χ4v) is 3.20. The number of benzene rings is 1. The number of carbonyl (C=O) groups excluding carboxylic acids is 2. The van der Waals surface area contributed by atoms with Crippen LogP contribution in [0.1, 0.15) is 12.2 Å². The molecule has 8 heteroatoms. The molecular formula is C19H26N4O4. The van der Waals surface area contributed by atoms with Crippen LogP contribution in [0.3, 0.4) is 0 Å². The number of methoxy groups -OCH3 is 1. The number of aryl methyl sites for hydroxylation is 1. The van der Waals surface area contributed by atoms with Gasteiger partial charge in [-0.15, -0.1) is 0 Å². The van der Waals surface area contributed by atoms with Crippen LogP contribution in [0, 0.1) is 0 Å². The SMILES string of the molecule is COCC(=O)NCCCc1nc2ccccc2n1CC(=O)N1CCOCC1. The van der Waals surface area contributed by atoms with Gasteiger partial charge in [-0.1, -0.05) is 12.1 Å². The fourth-order valence-electron chi connectivity index (χ4n) is 3.20. The van der Waals surface area contributed by atoms with Gasteiger partial charge in [0.1, 0.15) is 19.0 Å². The van der Waals surface area contributed by atoms with Crippen LogP contribution in [0.2, 0.25) is 0 Å². The number of fused-ring (bicyclic) bond motifs is 1. The van der Waals surface area contributed by atoms with E-state index in [0.717, 1.165) is 23.3 Å². The molecule has 146 valence electrons. The van der Waals surface area contributed by atoms with E-state index < -0.39 is 0 Å². The summed E-state index contributed by atoms with van der Waals surface area (Å²) in [7, 11) is 1.49. The molecule has 1 fully saturated rings. The number of carbonyl (C=O) groups is 2. The fraction of sp³-hybridized carbons (Fsp3) is 0.526. The number of para-hydroxylation sites is 2. The van der Waals surface area contributed by atoms with Gasteiger partial charge in [-0.25, -0.2) is 4.98 Å². The molecule has 1 aromatic carbocycles. The summed E-state index contributed by atoms with van der Waals surface area (Å²) in [6.07, 6.45) is 1.42. The molecule has 2 aromatic rings. The summed E-state index contributed by atoms with van der Waals surface area (Å²) in [6.45, 7) is 3.31. The third kappa shape index (κ3) is 5.05. The van der Waals surface area contributed by atoms with Crippen LogP contribution in [0.5, 0.6) is 0 Å². The highest BCUT2D eigenvalue weighted by Crippen LogP contribution is 2.17. The standard InChI is InChI=1S/C19H26N4O4/c1-26-14-18(24)20-8-4-7-17-21-15-5-2-3-6-16(15)23(17)13-19(25)22-9-11-27-12-10-22/h2-3,5-6H,4,7-14H2,1H3,(H,20,24). The Balaban J connectivity index is 1.67. The van der Waals surface area contributed by atoms with Gasteiger partial charge in [-0.3, -0.25) is 9.59 Å². The van der Waals surface area contributed by atoms with Crippen molar-refractivity contribution in [2.75, 3.05) is 46.6 Å². The van der Waals surface area contributed by atoms with Crippen molar-refractivity contribution in [2.24, 2.45) is 0 Å². The first kappa shape index (κ1) is 19.3. The Hall–Kier alpha value is -2.45. The molecule has 0 radical (unpaired) electrons. The summed E-state index contributed by atoms with van der Waals surface area (Å²) in [5.74, 6) is 0.809. The second-order valence-corrected chi connectivity index (χ2v) is 6.48. The molecule has 0 spiro atoms. The van der Waals surface area contributed by atoms with Crippen LogP contribution in [0.4, 0.5) is 0 Å². The third-order valence-electron chi connectivity index (χ3n) is 4.57. The van der Waals surface area contributed by atoms with Gasteiger partial charge in [-0.05, 0) is 18.6 Å². The summed E-state index contributed by atoms with van der Waals surface area (Å²) in [5, 5.41) is 2.81. The maximum atomic E-state index is 12.7. The van der Waals surface area contributed by atoms with Crippen molar-refractivity contribution < 1.29 is 19.1 Å². The van der Waals surface area contributed by atoms with Gasteiger partial charge in [0, 0.05) is 33.2 Å². The van der Waals surface area contributed by atoms with Gasteiger partial charge in [0.15, 0.2) is 0 Å². The molecule has 0 bridgehead atoms. The molecule has 2 amide bonds. The second-order valence-electron chi connectivity index (χ2n) is 6.48. The zero-order valence-corrected chi connectivity index (χ0v) is 15.6. The normalized spacial score (nSPS) is 14.5. The van der Waals surface area contributed by atoms with E-state index >= 15 is 0 Å². The number of hydrogen-bond donors (Lipinski definition) is 1.